The van der Waals surface area contributed by atoms with Crippen molar-refractivity contribution in [1.82, 2.24) is 0 Å². The number of ether oxygens (including phenoxy) is 4. The van der Waals surface area contributed by atoms with Crippen molar-refractivity contribution in [2.24, 2.45) is 0 Å². The molecule has 0 amide bonds. The molecule has 0 spiro atoms. The number of rotatable bonds is 5. The molecule has 1 aromatic carbocycles. The Labute approximate surface area is 120 Å². The molecular weight excluding hydrogens is 280 g/mol. The summed E-state index contributed by atoms with van der Waals surface area (Å²) in [5, 5.41) is 0. The predicted octanol–water partition coefficient (Wildman–Crippen LogP) is 0.361. The fourth-order valence-corrected chi connectivity index (χ4v) is 1.99. The van der Waals surface area contributed by atoms with E-state index in [9.17, 15) is 14.4 Å². The van der Waals surface area contributed by atoms with Crippen LogP contribution in [-0.2, 0) is 23.8 Å². The summed E-state index contributed by atoms with van der Waals surface area (Å²) < 4.78 is 19.1. The fourth-order valence-electron chi connectivity index (χ4n) is 1.99. The largest absolute Gasteiger partial charge is 0.497 e. The lowest BCUT2D eigenvalue weighted by atomic mass is 9.98. The third-order valence-corrected chi connectivity index (χ3v) is 3.21. The molecule has 1 saturated heterocycles. The topological polar surface area (TPSA) is 91.4 Å². The van der Waals surface area contributed by atoms with E-state index in [1.165, 1.54) is 19.2 Å². The molecule has 1 aliphatic rings. The number of carbonyl (C=O) groups is 3. The second-order valence-corrected chi connectivity index (χ2v) is 4.31. The molecule has 21 heavy (non-hydrogen) atoms. The maximum Gasteiger partial charge on any atom is 0.353 e. The normalized spacial score (nSPS) is 18.5. The maximum atomic E-state index is 12.3. The summed E-state index contributed by atoms with van der Waals surface area (Å²) in [5.41, 5.74) is -1.71. The number of Topliss-reactive ketones (excluding diaryl/α,β-unsaturated/α-hetero) is 1. The number of methoxy groups -OCH3 is 3. The van der Waals surface area contributed by atoms with Crippen molar-refractivity contribution >= 4 is 17.7 Å². The molecule has 0 radical (unpaired) electrons. The number of benzene rings is 1. The summed E-state index contributed by atoms with van der Waals surface area (Å²) in [6, 6.07) is 6.21. The van der Waals surface area contributed by atoms with Crippen molar-refractivity contribution in [3.63, 3.8) is 0 Å². The Hall–Kier alpha value is -2.41. The van der Waals surface area contributed by atoms with Crippen LogP contribution in [0.2, 0.25) is 0 Å². The number of esters is 2. The number of hydrogen-bond acceptors (Lipinski definition) is 7. The smallest absolute Gasteiger partial charge is 0.353 e. The Morgan fingerprint density at radius 2 is 1.52 bits per heavy atom. The minimum atomic E-state index is -2.00. The molecule has 0 aromatic heterocycles. The minimum Gasteiger partial charge on any atom is -0.497 e. The molecule has 1 fully saturated rings. The Morgan fingerprint density at radius 1 is 1.00 bits per heavy atom. The highest BCUT2D eigenvalue weighted by Crippen LogP contribution is 2.41. The van der Waals surface area contributed by atoms with Gasteiger partial charge in [-0.25, -0.2) is 9.59 Å². The number of ketones is 1. The first kappa shape index (κ1) is 15.0. The van der Waals surface area contributed by atoms with Gasteiger partial charge in [-0.15, -0.1) is 0 Å². The average Bonchev–Trinajstić information content (AvgIpc) is 3.29. The fraction of sp³-hybridized carbons (Fsp3) is 0.357. The van der Waals surface area contributed by atoms with Gasteiger partial charge in [-0.3, -0.25) is 4.79 Å². The van der Waals surface area contributed by atoms with Crippen LogP contribution in [-0.4, -0.2) is 50.8 Å². The van der Waals surface area contributed by atoms with Crippen molar-refractivity contribution in [2.75, 3.05) is 21.3 Å². The minimum absolute atomic E-state index is 0.287. The standard InChI is InChI=1S/C14H14O7/c1-18-9-6-4-8(5-7-9)10(15)11-14(21-11,12(16)19-2)13(17)20-3/h4-7,11H,1-3H3. The number of hydrogen-bond donors (Lipinski definition) is 0. The van der Waals surface area contributed by atoms with Crippen LogP contribution in [0, 0.1) is 0 Å². The molecule has 0 aliphatic carbocycles. The summed E-state index contributed by atoms with van der Waals surface area (Å²) in [6.45, 7) is 0. The molecule has 1 heterocycles. The second kappa shape index (κ2) is 5.53. The van der Waals surface area contributed by atoms with E-state index in [-0.39, 0.29) is 5.56 Å². The summed E-state index contributed by atoms with van der Waals surface area (Å²) >= 11 is 0. The zero-order valence-corrected chi connectivity index (χ0v) is 11.7. The van der Waals surface area contributed by atoms with Gasteiger partial charge >= 0.3 is 11.9 Å². The first-order chi connectivity index (χ1) is 10.0. The Kier molecular flexibility index (Phi) is 3.95. The van der Waals surface area contributed by atoms with Crippen LogP contribution in [0.25, 0.3) is 0 Å². The lowest BCUT2D eigenvalue weighted by molar-refractivity contribution is -0.160. The lowest BCUT2D eigenvalue weighted by Crippen LogP contribution is -2.40. The van der Waals surface area contributed by atoms with Gasteiger partial charge in [-0.1, -0.05) is 0 Å². The molecule has 112 valence electrons. The molecule has 1 atom stereocenters. The van der Waals surface area contributed by atoms with Crippen molar-refractivity contribution in [3.8, 4) is 5.75 Å². The van der Waals surface area contributed by atoms with Crippen molar-refractivity contribution < 1.29 is 33.3 Å². The van der Waals surface area contributed by atoms with E-state index in [0.717, 1.165) is 14.2 Å². The van der Waals surface area contributed by atoms with E-state index in [4.69, 9.17) is 9.47 Å². The van der Waals surface area contributed by atoms with Crippen LogP contribution in [0.15, 0.2) is 24.3 Å². The van der Waals surface area contributed by atoms with Crippen LogP contribution in [0.5, 0.6) is 5.75 Å². The predicted molar refractivity (Wildman–Crippen MR) is 69.0 cm³/mol. The summed E-state index contributed by atoms with van der Waals surface area (Å²) in [6.07, 6.45) is -1.24. The summed E-state index contributed by atoms with van der Waals surface area (Å²) in [5.74, 6) is -1.84. The van der Waals surface area contributed by atoms with Gasteiger partial charge in [0.05, 0.1) is 21.3 Å². The van der Waals surface area contributed by atoms with E-state index in [0.29, 0.717) is 5.75 Å². The van der Waals surface area contributed by atoms with Gasteiger partial charge in [0, 0.05) is 5.56 Å². The molecule has 7 nitrogen and oxygen atoms in total. The first-order valence-corrected chi connectivity index (χ1v) is 6.04. The first-order valence-electron chi connectivity index (χ1n) is 6.04. The molecule has 1 unspecified atom stereocenters. The van der Waals surface area contributed by atoms with Crippen LogP contribution < -0.4 is 4.74 Å². The quantitative estimate of drug-likeness (QED) is 0.335. The molecule has 2 rings (SSSR count). The van der Waals surface area contributed by atoms with Crippen LogP contribution in [0.3, 0.4) is 0 Å². The van der Waals surface area contributed by atoms with Gasteiger partial charge in [0.2, 0.25) is 0 Å². The van der Waals surface area contributed by atoms with Gasteiger partial charge in [0.15, 0.2) is 11.9 Å². The highest BCUT2D eigenvalue weighted by atomic mass is 16.7. The third-order valence-electron chi connectivity index (χ3n) is 3.21. The second-order valence-electron chi connectivity index (χ2n) is 4.31. The highest BCUT2D eigenvalue weighted by molar-refractivity contribution is 6.17. The maximum absolute atomic E-state index is 12.3. The van der Waals surface area contributed by atoms with Crippen molar-refractivity contribution in [2.45, 2.75) is 11.7 Å². The van der Waals surface area contributed by atoms with Gasteiger partial charge in [-0.05, 0) is 24.3 Å². The van der Waals surface area contributed by atoms with E-state index < -0.39 is 29.4 Å². The van der Waals surface area contributed by atoms with Crippen molar-refractivity contribution in [3.05, 3.63) is 29.8 Å². The average molecular weight is 294 g/mol. The van der Waals surface area contributed by atoms with Gasteiger partial charge in [0.1, 0.15) is 5.75 Å². The molecular formula is C14H14O7. The number of carbonyl (C=O) groups excluding carboxylic acids is 3. The van der Waals surface area contributed by atoms with Gasteiger partial charge in [-0.2, -0.15) is 0 Å². The Bertz CT molecular complexity index is 559. The molecule has 0 N–H and O–H groups in total. The van der Waals surface area contributed by atoms with Crippen molar-refractivity contribution in [1.29, 1.82) is 0 Å². The van der Waals surface area contributed by atoms with E-state index >= 15 is 0 Å². The SMILES string of the molecule is COC(=O)C1(C(=O)OC)OC1C(=O)c1ccc(OC)cc1. The molecule has 0 bridgehead atoms. The number of epoxide rings is 1. The van der Waals surface area contributed by atoms with E-state index in [2.05, 4.69) is 9.47 Å². The monoisotopic (exact) mass is 294 g/mol. The Morgan fingerprint density at radius 3 is 1.95 bits per heavy atom. The molecule has 1 aliphatic heterocycles. The van der Waals surface area contributed by atoms with Crippen LogP contribution in [0.4, 0.5) is 0 Å². The zero-order valence-electron chi connectivity index (χ0n) is 11.7. The van der Waals surface area contributed by atoms with Gasteiger partial charge in [0.25, 0.3) is 5.60 Å². The van der Waals surface area contributed by atoms with Gasteiger partial charge < -0.3 is 18.9 Å². The van der Waals surface area contributed by atoms with E-state index in [1.54, 1.807) is 12.1 Å². The Balaban J connectivity index is 2.24. The lowest BCUT2D eigenvalue weighted by Gasteiger charge is -2.07. The summed E-state index contributed by atoms with van der Waals surface area (Å²) in [7, 11) is 3.70. The van der Waals surface area contributed by atoms with E-state index in [1.807, 2.05) is 0 Å². The zero-order chi connectivity index (χ0) is 15.6. The third kappa shape index (κ3) is 2.36. The molecule has 1 aromatic rings. The highest BCUT2D eigenvalue weighted by Gasteiger charge is 2.74. The van der Waals surface area contributed by atoms with Crippen LogP contribution >= 0.6 is 0 Å². The summed E-state index contributed by atoms with van der Waals surface area (Å²) in [4.78, 5) is 35.7. The van der Waals surface area contributed by atoms with Crippen LogP contribution in [0.1, 0.15) is 10.4 Å². The molecule has 0 saturated carbocycles. The molecule has 7 heteroatoms.